The summed E-state index contributed by atoms with van der Waals surface area (Å²) < 4.78 is 14.5. The number of nitrogens with one attached hydrogen (secondary N) is 1. The SMILES string of the molecule is CC1CNCC(C)N1C(=O)c1ccc(Br)cc1F. The van der Waals surface area contributed by atoms with Gasteiger partial charge in [0.05, 0.1) is 5.56 Å². The maximum absolute atomic E-state index is 13.8. The highest BCUT2D eigenvalue weighted by molar-refractivity contribution is 9.10. The maximum atomic E-state index is 13.8. The molecule has 1 saturated heterocycles. The van der Waals surface area contributed by atoms with E-state index in [-0.39, 0.29) is 23.6 Å². The number of benzene rings is 1. The van der Waals surface area contributed by atoms with E-state index in [2.05, 4.69) is 21.2 Å². The molecule has 1 N–H and O–H groups in total. The Hall–Kier alpha value is -0.940. The summed E-state index contributed by atoms with van der Waals surface area (Å²) in [6, 6.07) is 4.69. The number of hydrogen-bond acceptors (Lipinski definition) is 2. The van der Waals surface area contributed by atoms with Crippen LogP contribution in [-0.2, 0) is 0 Å². The van der Waals surface area contributed by atoms with Crippen molar-refractivity contribution in [2.45, 2.75) is 25.9 Å². The highest BCUT2D eigenvalue weighted by atomic mass is 79.9. The molecular formula is C13H16BrFN2O. The van der Waals surface area contributed by atoms with Crippen molar-refractivity contribution in [1.29, 1.82) is 0 Å². The number of nitrogens with zero attached hydrogens (tertiary/aromatic N) is 1. The first-order valence-corrected chi connectivity index (χ1v) is 6.78. The van der Waals surface area contributed by atoms with Gasteiger partial charge in [-0.2, -0.15) is 0 Å². The molecule has 1 aliphatic heterocycles. The lowest BCUT2D eigenvalue weighted by atomic mass is 10.1. The van der Waals surface area contributed by atoms with Crippen LogP contribution < -0.4 is 5.32 Å². The van der Waals surface area contributed by atoms with Gasteiger partial charge in [0.1, 0.15) is 5.82 Å². The van der Waals surface area contributed by atoms with E-state index in [1.807, 2.05) is 13.8 Å². The number of piperazine rings is 1. The predicted octanol–water partition coefficient (Wildman–Crippen LogP) is 2.41. The summed E-state index contributed by atoms with van der Waals surface area (Å²) >= 11 is 3.19. The molecule has 98 valence electrons. The summed E-state index contributed by atoms with van der Waals surface area (Å²) in [4.78, 5) is 14.1. The van der Waals surface area contributed by atoms with E-state index in [1.165, 1.54) is 12.1 Å². The molecule has 0 spiro atoms. The third-order valence-corrected chi connectivity index (χ3v) is 3.72. The zero-order valence-electron chi connectivity index (χ0n) is 10.4. The van der Waals surface area contributed by atoms with Gasteiger partial charge in [0.2, 0.25) is 0 Å². The number of halogens is 2. The van der Waals surface area contributed by atoms with Gasteiger partial charge in [-0.05, 0) is 32.0 Å². The van der Waals surface area contributed by atoms with Crippen LogP contribution in [0.3, 0.4) is 0 Å². The first kappa shape index (κ1) is 13.5. The van der Waals surface area contributed by atoms with Crippen LogP contribution in [0.1, 0.15) is 24.2 Å². The van der Waals surface area contributed by atoms with Gasteiger partial charge in [-0.15, -0.1) is 0 Å². The average molecular weight is 315 g/mol. The van der Waals surface area contributed by atoms with Crippen LogP contribution in [0, 0.1) is 5.82 Å². The van der Waals surface area contributed by atoms with Crippen LogP contribution in [0.2, 0.25) is 0 Å². The number of hydrogen-bond donors (Lipinski definition) is 1. The van der Waals surface area contributed by atoms with E-state index in [9.17, 15) is 9.18 Å². The maximum Gasteiger partial charge on any atom is 0.257 e. The van der Waals surface area contributed by atoms with Crippen molar-refractivity contribution in [3.8, 4) is 0 Å². The quantitative estimate of drug-likeness (QED) is 0.863. The molecule has 0 aromatic heterocycles. The van der Waals surface area contributed by atoms with E-state index in [0.717, 1.165) is 13.1 Å². The largest absolute Gasteiger partial charge is 0.331 e. The minimum absolute atomic E-state index is 0.0734. The second-order valence-electron chi connectivity index (χ2n) is 4.69. The summed E-state index contributed by atoms with van der Waals surface area (Å²) in [7, 11) is 0. The molecule has 3 nitrogen and oxygen atoms in total. The molecule has 1 amide bonds. The number of amides is 1. The zero-order valence-corrected chi connectivity index (χ0v) is 12.0. The lowest BCUT2D eigenvalue weighted by Crippen LogP contribution is -2.57. The van der Waals surface area contributed by atoms with E-state index < -0.39 is 5.82 Å². The van der Waals surface area contributed by atoms with Crippen LogP contribution in [0.5, 0.6) is 0 Å². The Morgan fingerprint density at radius 2 is 2.00 bits per heavy atom. The smallest absolute Gasteiger partial charge is 0.257 e. The van der Waals surface area contributed by atoms with Crippen molar-refractivity contribution < 1.29 is 9.18 Å². The molecule has 0 saturated carbocycles. The monoisotopic (exact) mass is 314 g/mol. The fourth-order valence-electron chi connectivity index (χ4n) is 2.33. The van der Waals surface area contributed by atoms with Crippen molar-refractivity contribution in [3.05, 3.63) is 34.1 Å². The number of rotatable bonds is 1. The topological polar surface area (TPSA) is 32.3 Å². The highest BCUT2D eigenvalue weighted by Gasteiger charge is 2.30. The van der Waals surface area contributed by atoms with Gasteiger partial charge in [-0.3, -0.25) is 4.79 Å². The van der Waals surface area contributed by atoms with Gasteiger partial charge >= 0.3 is 0 Å². The minimum atomic E-state index is -0.479. The Bertz CT molecular complexity index is 456. The Morgan fingerprint density at radius 3 is 2.56 bits per heavy atom. The van der Waals surface area contributed by atoms with Gasteiger partial charge in [-0.1, -0.05) is 15.9 Å². The molecule has 2 atom stereocenters. The van der Waals surface area contributed by atoms with Gasteiger partial charge in [0.25, 0.3) is 5.91 Å². The van der Waals surface area contributed by atoms with Crippen LogP contribution in [0.4, 0.5) is 4.39 Å². The van der Waals surface area contributed by atoms with Crippen molar-refractivity contribution in [3.63, 3.8) is 0 Å². The normalized spacial score (nSPS) is 24.1. The fourth-order valence-corrected chi connectivity index (χ4v) is 2.67. The first-order valence-electron chi connectivity index (χ1n) is 5.99. The van der Waals surface area contributed by atoms with Gasteiger partial charge in [0.15, 0.2) is 0 Å². The third-order valence-electron chi connectivity index (χ3n) is 3.23. The molecule has 2 rings (SSSR count). The molecule has 0 bridgehead atoms. The van der Waals surface area contributed by atoms with Crippen LogP contribution >= 0.6 is 15.9 Å². The van der Waals surface area contributed by atoms with E-state index in [4.69, 9.17) is 0 Å². The molecule has 1 heterocycles. The van der Waals surface area contributed by atoms with Crippen molar-refractivity contribution in [1.82, 2.24) is 10.2 Å². The van der Waals surface area contributed by atoms with Gasteiger partial charge < -0.3 is 10.2 Å². The summed E-state index contributed by atoms with van der Waals surface area (Å²) in [5.74, 6) is -0.714. The molecule has 5 heteroatoms. The Labute approximate surface area is 114 Å². The lowest BCUT2D eigenvalue weighted by Gasteiger charge is -2.39. The summed E-state index contributed by atoms with van der Waals surface area (Å²) in [5, 5.41) is 3.25. The molecule has 1 aromatic rings. The molecule has 0 aliphatic carbocycles. The Balaban J connectivity index is 2.29. The third kappa shape index (κ3) is 2.57. The van der Waals surface area contributed by atoms with Crippen molar-refractivity contribution in [2.75, 3.05) is 13.1 Å². The van der Waals surface area contributed by atoms with Crippen molar-refractivity contribution in [2.24, 2.45) is 0 Å². The molecular weight excluding hydrogens is 299 g/mol. The molecule has 1 fully saturated rings. The molecule has 18 heavy (non-hydrogen) atoms. The number of carbonyl (C=O) groups is 1. The van der Waals surface area contributed by atoms with Gasteiger partial charge in [0, 0.05) is 29.6 Å². The molecule has 2 unspecified atom stereocenters. The van der Waals surface area contributed by atoms with E-state index in [1.54, 1.807) is 11.0 Å². The van der Waals surface area contributed by atoms with E-state index >= 15 is 0 Å². The molecule has 1 aromatic carbocycles. The second kappa shape index (κ2) is 5.36. The number of carbonyl (C=O) groups excluding carboxylic acids is 1. The van der Waals surface area contributed by atoms with Crippen LogP contribution in [0.25, 0.3) is 0 Å². The highest BCUT2D eigenvalue weighted by Crippen LogP contribution is 2.20. The van der Waals surface area contributed by atoms with E-state index in [0.29, 0.717) is 4.47 Å². The zero-order chi connectivity index (χ0) is 13.3. The Kier molecular flexibility index (Phi) is 4.02. The molecule has 0 radical (unpaired) electrons. The molecule has 1 aliphatic rings. The fraction of sp³-hybridized carbons (Fsp3) is 0.462. The first-order chi connectivity index (χ1) is 8.50. The van der Waals surface area contributed by atoms with Crippen LogP contribution in [-0.4, -0.2) is 36.0 Å². The second-order valence-corrected chi connectivity index (χ2v) is 5.61. The van der Waals surface area contributed by atoms with Crippen LogP contribution in [0.15, 0.2) is 22.7 Å². The Morgan fingerprint density at radius 1 is 1.39 bits per heavy atom. The summed E-state index contributed by atoms with van der Waals surface area (Å²) in [5.41, 5.74) is 0.138. The summed E-state index contributed by atoms with van der Waals surface area (Å²) in [6.07, 6.45) is 0. The standard InChI is InChI=1S/C13H16BrFN2O/c1-8-6-16-7-9(2)17(8)13(18)11-4-3-10(14)5-12(11)15/h3-5,8-9,16H,6-7H2,1-2H3. The average Bonchev–Trinajstić information content (AvgIpc) is 2.28. The van der Waals surface area contributed by atoms with Gasteiger partial charge in [-0.25, -0.2) is 4.39 Å². The predicted molar refractivity (Wildman–Crippen MR) is 72.1 cm³/mol. The summed E-state index contributed by atoms with van der Waals surface area (Å²) in [6.45, 7) is 5.43. The minimum Gasteiger partial charge on any atom is -0.331 e. The van der Waals surface area contributed by atoms with Crippen molar-refractivity contribution >= 4 is 21.8 Å². The lowest BCUT2D eigenvalue weighted by molar-refractivity contribution is 0.0539.